The van der Waals surface area contributed by atoms with Crippen LogP contribution in [-0.2, 0) is 0 Å². The van der Waals surface area contributed by atoms with E-state index in [0.29, 0.717) is 11.0 Å². The van der Waals surface area contributed by atoms with E-state index in [1.165, 1.54) is 17.2 Å². The van der Waals surface area contributed by atoms with Crippen LogP contribution in [0.1, 0.15) is 42.2 Å². The van der Waals surface area contributed by atoms with Crippen LogP contribution < -0.4 is 0 Å². The van der Waals surface area contributed by atoms with Crippen LogP contribution in [0.2, 0.25) is 0 Å². The number of fused-ring (bicyclic) bond motifs is 1. The molecular formula is C12H12F2N4O2. The highest BCUT2D eigenvalue weighted by molar-refractivity contribution is 5.99. The second-order valence-corrected chi connectivity index (χ2v) is 4.95. The molecule has 1 aliphatic carbocycles. The maximum atomic E-state index is 13.2. The van der Waals surface area contributed by atoms with E-state index in [-0.39, 0.29) is 37.4 Å². The standard InChI is InChI=1S/C12H12F2N4O2/c13-12(14)3-1-7(2-4-12)18-10-8(5-15-6-16-10)9(17-18)11(19)20/h5-7H,1-4H2,(H,19,20). The van der Waals surface area contributed by atoms with Crippen molar-refractivity contribution in [2.75, 3.05) is 0 Å². The molecule has 0 spiro atoms. The number of carboxylic acid groups (broad SMARTS) is 1. The minimum Gasteiger partial charge on any atom is -0.476 e. The van der Waals surface area contributed by atoms with Crippen LogP contribution in [0.3, 0.4) is 0 Å². The van der Waals surface area contributed by atoms with Gasteiger partial charge in [0, 0.05) is 19.0 Å². The number of hydrogen-bond acceptors (Lipinski definition) is 4. The maximum Gasteiger partial charge on any atom is 0.357 e. The van der Waals surface area contributed by atoms with Crippen LogP contribution in [0.5, 0.6) is 0 Å². The van der Waals surface area contributed by atoms with Gasteiger partial charge in [0.1, 0.15) is 6.33 Å². The molecule has 1 aliphatic rings. The molecular weight excluding hydrogens is 270 g/mol. The van der Waals surface area contributed by atoms with Crippen molar-refractivity contribution in [2.45, 2.75) is 37.6 Å². The molecule has 0 atom stereocenters. The number of nitrogens with zero attached hydrogens (tertiary/aromatic N) is 4. The van der Waals surface area contributed by atoms with Crippen LogP contribution in [0.4, 0.5) is 8.78 Å². The normalized spacial score (nSPS) is 19.3. The zero-order valence-electron chi connectivity index (χ0n) is 10.5. The molecule has 106 valence electrons. The van der Waals surface area contributed by atoms with E-state index in [0.717, 1.165) is 0 Å². The third-order valence-electron chi connectivity index (χ3n) is 3.61. The number of hydrogen-bond donors (Lipinski definition) is 1. The molecule has 0 aliphatic heterocycles. The molecule has 6 nitrogen and oxygen atoms in total. The Morgan fingerprint density at radius 3 is 2.75 bits per heavy atom. The van der Waals surface area contributed by atoms with Gasteiger partial charge in [-0.05, 0) is 12.8 Å². The Morgan fingerprint density at radius 2 is 2.10 bits per heavy atom. The predicted molar refractivity (Wildman–Crippen MR) is 64.7 cm³/mol. The van der Waals surface area contributed by atoms with Crippen LogP contribution >= 0.6 is 0 Å². The van der Waals surface area contributed by atoms with Crippen LogP contribution in [-0.4, -0.2) is 36.7 Å². The van der Waals surface area contributed by atoms with Gasteiger partial charge in [-0.3, -0.25) is 0 Å². The molecule has 2 aromatic rings. The van der Waals surface area contributed by atoms with Gasteiger partial charge in [0.2, 0.25) is 5.92 Å². The number of aromatic nitrogens is 4. The summed E-state index contributed by atoms with van der Waals surface area (Å²) in [5, 5.41) is 13.5. The summed E-state index contributed by atoms with van der Waals surface area (Å²) in [6, 6.07) is -0.250. The topological polar surface area (TPSA) is 80.9 Å². The first-order valence-electron chi connectivity index (χ1n) is 6.27. The molecule has 0 bridgehead atoms. The Hall–Kier alpha value is -2.12. The van der Waals surface area contributed by atoms with E-state index < -0.39 is 11.9 Å². The third-order valence-corrected chi connectivity index (χ3v) is 3.61. The average Bonchev–Trinajstić information content (AvgIpc) is 2.79. The predicted octanol–water partition coefficient (Wildman–Crippen LogP) is 2.27. The van der Waals surface area contributed by atoms with E-state index >= 15 is 0 Å². The number of carbonyl (C=O) groups is 1. The molecule has 2 aromatic heterocycles. The molecule has 1 N–H and O–H groups in total. The minimum absolute atomic E-state index is 0.141. The lowest BCUT2D eigenvalue weighted by Crippen LogP contribution is -2.27. The third kappa shape index (κ3) is 2.10. The first-order chi connectivity index (χ1) is 9.48. The van der Waals surface area contributed by atoms with Gasteiger partial charge in [-0.15, -0.1) is 0 Å². The Labute approximate surface area is 112 Å². The summed E-state index contributed by atoms with van der Waals surface area (Å²) in [6.45, 7) is 0. The Bertz CT molecular complexity index is 661. The van der Waals surface area contributed by atoms with E-state index in [1.54, 1.807) is 0 Å². The molecule has 2 heterocycles. The highest BCUT2D eigenvalue weighted by Crippen LogP contribution is 2.39. The summed E-state index contributed by atoms with van der Waals surface area (Å²) in [5.41, 5.74) is 0.241. The van der Waals surface area contributed by atoms with Crippen molar-refractivity contribution in [3.05, 3.63) is 18.2 Å². The molecule has 0 unspecified atom stereocenters. The second-order valence-electron chi connectivity index (χ2n) is 4.95. The summed E-state index contributed by atoms with van der Waals surface area (Å²) in [4.78, 5) is 19.0. The van der Waals surface area contributed by atoms with Crippen molar-refractivity contribution in [2.24, 2.45) is 0 Å². The van der Waals surface area contributed by atoms with Gasteiger partial charge in [-0.1, -0.05) is 0 Å². The van der Waals surface area contributed by atoms with Crippen molar-refractivity contribution in [3.8, 4) is 0 Å². The number of halogens is 2. The highest BCUT2D eigenvalue weighted by atomic mass is 19.3. The summed E-state index contributed by atoms with van der Waals surface area (Å²) in [5.74, 6) is -3.81. The second kappa shape index (κ2) is 4.46. The van der Waals surface area contributed by atoms with Crippen LogP contribution in [0.25, 0.3) is 11.0 Å². The largest absolute Gasteiger partial charge is 0.476 e. The smallest absolute Gasteiger partial charge is 0.357 e. The minimum atomic E-state index is -2.63. The average molecular weight is 282 g/mol. The molecule has 1 fully saturated rings. The van der Waals surface area contributed by atoms with Crippen molar-refractivity contribution in [1.29, 1.82) is 0 Å². The molecule has 1 saturated carbocycles. The first-order valence-corrected chi connectivity index (χ1v) is 6.27. The van der Waals surface area contributed by atoms with Gasteiger partial charge in [-0.2, -0.15) is 5.10 Å². The van der Waals surface area contributed by atoms with Crippen molar-refractivity contribution < 1.29 is 18.7 Å². The van der Waals surface area contributed by atoms with Crippen molar-refractivity contribution in [1.82, 2.24) is 19.7 Å². The lowest BCUT2D eigenvalue weighted by atomic mass is 9.92. The summed E-state index contributed by atoms with van der Waals surface area (Å²) in [6.07, 6.45) is 2.76. The molecule has 0 aromatic carbocycles. The van der Waals surface area contributed by atoms with Gasteiger partial charge in [-0.25, -0.2) is 28.2 Å². The Kier molecular flexibility index (Phi) is 2.88. The quantitative estimate of drug-likeness (QED) is 0.913. The van der Waals surface area contributed by atoms with Crippen LogP contribution in [0.15, 0.2) is 12.5 Å². The van der Waals surface area contributed by atoms with Crippen molar-refractivity contribution in [3.63, 3.8) is 0 Å². The molecule has 20 heavy (non-hydrogen) atoms. The highest BCUT2D eigenvalue weighted by Gasteiger charge is 2.36. The van der Waals surface area contributed by atoms with Gasteiger partial charge in [0.25, 0.3) is 0 Å². The molecule has 8 heteroatoms. The summed E-state index contributed by atoms with van der Waals surface area (Å²) in [7, 11) is 0. The van der Waals surface area contributed by atoms with E-state index in [4.69, 9.17) is 5.11 Å². The summed E-state index contributed by atoms with van der Waals surface area (Å²) >= 11 is 0. The number of carboxylic acids is 1. The fraction of sp³-hybridized carbons (Fsp3) is 0.500. The maximum absolute atomic E-state index is 13.2. The van der Waals surface area contributed by atoms with Gasteiger partial charge in [0.15, 0.2) is 11.3 Å². The van der Waals surface area contributed by atoms with E-state index in [9.17, 15) is 13.6 Å². The van der Waals surface area contributed by atoms with E-state index in [1.807, 2.05) is 0 Å². The zero-order chi connectivity index (χ0) is 14.3. The lowest BCUT2D eigenvalue weighted by molar-refractivity contribution is -0.0447. The molecule has 0 radical (unpaired) electrons. The summed E-state index contributed by atoms with van der Waals surface area (Å²) < 4.78 is 27.8. The number of alkyl halides is 2. The first kappa shape index (κ1) is 12.9. The fourth-order valence-corrected chi connectivity index (χ4v) is 2.56. The number of rotatable bonds is 2. The monoisotopic (exact) mass is 282 g/mol. The lowest BCUT2D eigenvalue weighted by Gasteiger charge is -2.28. The van der Waals surface area contributed by atoms with Crippen molar-refractivity contribution >= 4 is 17.0 Å². The van der Waals surface area contributed by atoms with Gasteiger partial charge in [0.05, 0.1) is 11.4 Å². The Balaban J connectivity index is 2.02. The SMILES string of the molecule is O=C(O)c1nn(C2CCC(F)(F)CC2)c2ncncc12. The van der Waals surface area contributed by atoms with E-state index in [2.05, 4.69) is 15.1 Å². The Morgan fingerprint density at radius 1 is 1.40 bits per heavy atom. The van der Waals surface area contributed by atoms with Gasteiger partial charge < -0.3 is 5.11 Å². The molecule has 0 saturated heterocycles. The fourth-order valence-electron chi connectivity index (χ4n) is 2.56. The van der Waals surface area contributed by atoms with Gasteiger partial charge >= 0.3 is 5.97 Å². The zero-order valence-corrected chi connectivity index (χ0v) is 10.5. The number of aromatic carboxylic acids is 1. The van der Waals surface area contributed by atoms with Crippen LogP contribution in [0, 0.1) is 0 Å². The molecule has 3 rings (SSSR count). The molecule has 0 amide bonds.